The summed E-state index contributed by atoms with van der Waals surface area (Å²) in [6.07, 6.45) is 0.912. The number of pyridine rings is 1. The Morgan fingerprint density at radius 2 is 1.85 bits per heavy atom. The van der Waals surface area contributed by atoms with Crippen molar-refractivity contribution in [3.05, 3.63) is 64.9 Å². The number of likely N-dealkylation sites (tertiary alicyclic amines) is 1. The fraction of sp³-hybridized carbons (Fsp3) is 0.333. The Bertz CT molecular complexity index is 1590. The number of aromatic nitrogens is 1. The van der Waals surface area contributed by atoms with Gasteiger partial charge in [-0.15, -0.1) is 0 Å². The third kappa shape index (κ3) is 6.52. The lowest BCUT2D eigenvalue weighted by Crippen LogP contribution is -2.50. The van der Waals surface area contributed by atoms with Crippen LogP contribution in [0.1, 0.15) is 37.3 Å². The van der Waals surface area contributed by atoms with Crippen LogP contribution in [-0.2, 0) is 31.0 Å². The molecular weight excluding hydrogens is 548 g/mol. The minimum absolute atomic E-state index is 0.00750. The van der Waals surface area contributed by atoms with Gasteiger partial charge in [-0.2, -0.15) is 5.26 Å². The van der Waals surface area contributed by atoms with Gasteiger partial charge in [0, 0.05) is 39.2 Å². The first kappa shape index (κ1) is 29.2. The fourth-order valence-electron chi connectivity index (χ4n) is 4.49. The molecule has 3 amide bonds. The first-order chi connectivity index (χ1) is 19.5. The van der Waals surface area contributed by atoms with Gasteiger partial charge >= 0.3 is 0 Å². The lowest BCUT2D eigenvalue weighted by atomic mass is 9.97. The molecule has 13 nitrogen and oxygen atoms in total. The van der Waals surface area contributed by atoms with Gasteiger partial charge in [0.25, 0.3) is 11.8 Å². The molecule has 41 heavy (non-hydrogen) atoms. The van der Waals surface area contributed by atoms with Crippen LogP contribution in [0.25, 0.3) is 0 Å². The lowest BCUT2D eigenvalue weighted by Gasteiger charge is -2.32. The van der Waals surface area contributed by atoms with Gasteiger partial charge in [-0.1, -0.05) is 18.2 Å². The predicted molar refractivity (Wildman–Crippen MR) is 152 cm³/mol. The molecule has 214 valence electrons. The van der Waals surface area contributed by atoms with Crippen molar-refractivity contribution in [3.8, 4) is 6.07 Å². The molecule has 5 N–H and O–H groups in total. The van der Waals surface area contributed by atoms with Gasteiger partial charge in [-0.3, -0.25) is 24.1 Å². The van der Waals surface area contributed by atoms with Crippen LogP contribution in [0.15, 0.2) is 58.7 Å². The molecule has 0 spiro atoms. The zero-order valence-electron chi connectivity index (χ0n) is 22.6. The maximum absolute atomic E-state index is 13.4. The van der Waals surface area contributed by atoms with E-state index in [9.17, 15) is 22.8 Å². The highest BCUT2D eigenvalue weighted by Crippen LogP contribution is 2.45. The lowest BCUT2D eigenvalue weighted by molar-refractivity contribution is -0.124. The van der Waals surface area contributed by atoms with Gasteiger partial charge in [0.2, 0.25) is 15.9 Å². The highest BCUT2D eigenvalue weighted by Gasteiger charge is 2.56. The van der Waals surface area contributed by atoms with E-state index in [1.165, 1.54) is 31.0 Å². The fourth-order valence-corrected chi connectivity index (χ4v) is 6.06. The second-order valence-electron chi connectivity index (χ2n) is 9.81. The Balaban J connectivity index is 1.43. The first-order valence-electron chi connectivity index (χ1n) is 12.8. The number of hydrogen-bond acceptors (Lipinski definition) is 9. The number of anilines is 2. The molecule has 1 aromatic heterocycles. The van der Waals surface area contributed by atoms with E-state index < -0.39 is 26.6 Å². The van der Waals surface area contributed by atoms with Crippen molar-refractivity contribution < 1.29 is 22.8 Å². The van der Waals surface area contributed by atoms with Crippen LogP contribution in [0, 0.1) is 11.3 Å². The van der Waals surface area contributed by atoms with Crippen LogP contribution in [0.3, 0.4) is 0 Å². The average molecular weight is 579 g/mol. The number of sulfonamides is 1. The van der Waals surface area contributed by atoms with E-state index in [-0.39, 0.29) is 55.0 Å². The van der Waals surface area contributed by atoms with E-state index in [2.05, 4.69) is 25.3 Å². The number of carbonyl (C=O) groups excluding carboxylic acids is 3. The summed E-state index contributed by atoms with van der Waals surface area (Å²) in [6, 6.07) is 13.3. The summed E-state index contributed by atoms with van der Waals surface area (Å²) >= 11 is 0. The molecule has 1 saturated carbocycles. The summed E-state index contributed by atoms with van der Waals surface area (Å²) in [6.45, 7) is 1.58. The van der Waals surface area contributed by atoms with Crippen LogP contribution in [0.4, 0.5) is 11.6 Å². The van der Waals surface area contributed by atoms with E-state index in [0.717, 1.165) is 5.56 Å². The van der Waals surface area contributed by atoms with Crippen molar-refractivity contribution in [1.29, 1.82) is 5.26 Å². The average Bonchev–Trinajstić information content (AvgIpc) is 3.73. The molecule has 2 fully saturated rings. The summed E-state index contributed by atoms with van der Waals surface area (Å²) in [5, 5.41) is 14.1. The Labute approximate surface area is 237 Å². The van der Waals surface area contributed by atoms with Gasteiger partial charge in [-0.25, -0.2) is 13.4 Å². The minimum Gasteiger partial charge on any atom is -0.394 e. The van der Waals surface area contributed by atoms with E-state index in [4.69, 9.17) is 11.0 Å². The number of carbonyl (C=O) groups is 3. The molecule has 1 aliphatic heterocycles. The van der Waals surface area contributed by atoms with Gasteiger partial charge in [0.1, 0.15) is 27.8 Å². The van der Waals surface area contributed by atoms with Crippen LogP contribution < -0.4 is 21.1 Å². The zero-order valence-corrected chi connectivity index (χ0v) is 23.4. The number of nitrogens with two attached hydrogens (primary N) is 1. The topological polar surface area (TPSA) is 200 Å². The minimum atomic E-state index is -3.95. The Hall–Kier alpha value is -4.77. The summed E-state index contributed by atoms with van der Waals surface area (Å²) in [5.41, 5.74) is 7.59. The highest BCUT2D eigenvalue weighted by atomic mass is 32.2. The number of hydrogen-bond donors (Lipinski definition) is 4. The summed E-state index contributed by atoms with van der Waals surface area (Å²) in [5.74, 6) is -1.16. The number of nitriles is 1. The Morgan fingerprint density at radius 1 is 1.17 bits per heavy atom. The normalized spacial score (nSPS) is 18.3. The first-order valence-corrected chi connectivity index (χ1v) is 14.3. The SMILES string of the molecule is CN=C1C(=O)N(CC2(S(=O)(=O)Nc3cccc(NC(C)=O)n3)CC2)CCC1=C(N)C(=O)NCc1ccc(C#N)cc1. The summed E-state index contributed by atoms with van der Waals surface area (Å²) in [7, 11) is -2.54. The number of benzene rings is 1. The largest absolute Gasteiger partial charge is 0.394 e. The maximum Gasteiger partial charge on any atom is 0.272 e. The molecule has 0 unspecified atom stereocenters. The third-order valence-electron chi connectivity index (χ3n) is 6.89. The molecule has 2 aromatic rings. The molecule has 0 atom stereocenters. The standard InChI is InChI=1S/C27H30N8O5S/c1-17(36)32-21-4-3-5-22(33-21)34-41(39,40)27(11-12-27)16-35-13-10-20(24(30-2)26(35)38)23(29)25(37)31-15-19-8-6-18(14-28)7-9-19/h3-9H,10-13,15-16,29H2,1-2H3,(H,31,37)(H2,32,33,34,36). The van der Waals surface area contributed by atoms with E-state index in [1.807, 2.05) is 6.07 Å². The molecule has 2 aliphatic rings. The Kier molecular flexibility index (Phi) is 8.39. The van der Waals surface area contributed by atoms with Crippen LogP contribution in [0.5, 0.6) is 0 Å². The van der Waals surface area contributed by atoms with E-state index in [0.29, 0.717) is 24.0 Å². The van der Waals surface area contributed by atoms with Crippen molar-refractivity contribution in [2.45, 2.75) is 37.5 Å². The quantitative estimate of drug-likeness (QED) is 0.316. The Morgan fingerprint density at radius 3 is 2.46 bits per heavy atom. The van der Waals surface area contributed by atoms with E-state index >= 15 is 0 Å². The number of rotatable bonds is 9. The van der Waals surface area contributed by atoms with E-state index in [1.54, 1.807) is 30.3 Å². The third-order valence-corrected chi connectivity index (χ3v) is 9.04. The van der Waals surface area contributed by atoms with Crippen molar-refractivity contribution >= 4 is 45.1 Å². The van der Waals surface area contributed by atoms with Crippen molar-refractivity contribution in [2.24, 2.45) is 10.7 Å². The van der Waals surface area contributed by atoms with Crippen molar-refractivity contribution in [1.82, 2.24) is 15.2 Å². The highest BCUT2D eigenvalue weighted by molar-refractivity contribution is 7.94. The molecule has 0 radical (unpaired) electrons. The van der Waals surface area contributed by atoms with Gasteiger partial charge < -0.3 is 21.3 Å². The number of piperidine rings is 1. The van der Waals surface area contributed by atoms with Crippen LogP contribution in [-0.4, -0.2) is 66.6 Å². The van der Waals surface area contributed by atoms with Crippen LogP contribution in [0.2, 0.25) is 0 Å². The second-order valence-corrected chi connectivity index (χ2v) is 11.9. The molecule has 0 bridgehead atoms. The molecule has 14 heteroatoms. The second kappa shape index (κ2) is 11.8. The molecule has 1 aliphatic carbocycles. The van der Waals surface area contributed by atoms with Gasteiger partial charge in [0.15, 0.2) is 0 Å². The molecular formula is C27H30N8O5S. The molecule has 1 aromatic carbocycles. The maximum atomic E-state index is 13.4. The summed E-state index contributed by atoms with van der Waals surface area (Å²) in [4.78, 5) is 47.1. The van der Waals surface area contributed by atoms with Crippen LogP contribution >= 0.6 is 0 Å². The number of aliphatic imine (C=N–C) groups is 1. The number of amides is 3. The zero-order chi connectivity index (χ0) is 29.8. The molecule has 2 heterocycles. The monoisotopic (exact) mass is 578 g/mol. The number of nitrogens with one attached hydrogen (secondary N) is 3. The molecule has 4 rings (SSSR count). The summed E-state index contributed by atoms with van der Waals surface area (Å²) < 4.78 is 27.9. The smallest absolute Gasteiger partial charge is 0.272 e. The van der Waals surface area contributed by atoms with Crippen molar-refractivity contribution in [2.75, 3.05) is 30.2 Å². The van der Waals surface area contributed by atoms with Gasteiger partial charge in [-0.05, 0) is 49.1 Å². The molecule has 1 saturated heterocycles. The predicted octanol–water partition coefficient (Wildman–Crippen LogP) is 1.02. The van der Waals surface area contributed by atoms with Gasteiger partial charge in [0.05, 0.1) is 11.6 Å². The number of nitrogens with zero attached hydrogens (tertiary/aromatic N) is 4. The van der Waals surface area contributed by atoms with Crippen molar-refractivity contribution in [3.63, 3.8) is 0 Å².